The van der Waals surface area contributed by atoms with Gasteiger partial charge in [0.25, 0.3) is 0 Å². The number of nitrogens with zero attached hydrogens (tertiary/aromatic N) is 3. The van der Waals surface area contributed by atoms with Crippen molar-refractivity contribution < 1.29 is 13.6 Å². The van der Waals surface area contributed by atoms with Crippen LogP contribution < -0.4 is 5.32 Å². The van der Waals surface area contributed by atoms with Gasteiger partial charge in [0, 0.05) is 12.2 Å². The molecule has 9 heteroatoms. The Bertz CT molecular complexity index is 879. The molecule has 0 aliphatic heterocycles. The van der Waals surface area contributed by atoms with Crippen LogP contribution in [0.2, 0.25) is 0 Å². The lowest BCUT2D eigenvalue weighted by atomic mass is 10.3. The molecule has 0 fully saturated rings. The molecule has 0 atom stereocenters. The van der Waals surface area contributed by atoms with Crippen molar-refractivity contribution in [2.75, 3.05) is 11.1 Å². The molecular weight excluding hydrogens is 411 g/mol. The molecule has 1 aromatic carbocycles. The van der Waals surface area contributed by atoms with Crippen LogP contribution in [0.1, 0.15) is 6.92 Å². The number of aromatic nitrogens is 3. The molecule has 3 aromatic rings. The van der Waals surface area contributed by atoms with Crippen molar-refractivity contribution in [3.63, 3.8) is 0 Å². The van der Waals surface area contributed by atoms with E-state index in [9.17, 15) is 9.18 Å². The molecule has 2 heterocycles. The Kier molecular flexibility index (Phi) is 5.54. The third kappa shape index (κ3) is 4.29. The van der Waals surface area contributed by atoms with Crippen LogP contribution in [0.4, 0.5) is 10.1 Å². The van der Waals surface area contributed by atoms with E-state index in [1.54, 1.807) is 12.1 Å². The van der Waals surface area contributed by atoms with Gasteiger partial charge in [-0.1, -0.05) is 11.8 Å². The minimum atomic E-state index is -0.347. The average molecular weight is 425 g/mol. The fraction of sp³-hybridized carbons (Fsp3) is 0.188. The molecule has 0 aliphatic rings. The van der Waals surface area contributed by atoms with Gasteiger partial charge in [0.05, 0.1) is 5.75 Å². The molecular formula is C16H14BrFN4O2S. The van der Waals surface area contributed by atoms with Gasteiger partial charge in [0.1, 0.15) is 5.82 Å². The number of anilines is 1. The Hall–Kier alpha value is -2.13. The largest absolute Gasteiger partial charge is 0.446 e. The SMILES string of the molecule is CCn1c(SCC(=O)Nc2ccc(F)cc2)nnc1-c1ccc(Br)o1. The van der Waals surface area contributed by atoms with Crippen LogP contribution in [0.3, 0.4) is 0 Å². The zero-order chi connectivity index (χ0) is 17.8. The number of carbonyl (C=O) groups excluding carboxylic acids is 1. The highest BCUT2D eigenvalue weighted by molar-refractivity contribution is 9.10. The number of benzene rings is 1. The van der Waals surface area contributed by atoms with E-state index in [1.807, 2.05) is 11.5 Å². The van der Waals surface area contributed by atoms with Gasteiger partial charge in [-0.25, -0.2) is 4.39 Å². The first-order valence-electron chi connectivity index (χ1n) is 7.44. The summed E-state index contributed by atoms with van der Waals surface area (Å²) in [5, 5.41) is 11.6. The van der Waals surface area contributed by atoms with E-state index in [0.29, 0.717) is 33.6 Å². The molecule has 0 bridgehead atoms. The van der Waals surface area contributed by atoms with Crippen molar-refractivity contribution >= 4 is 39.3 Å². The molecule has 0 saturated carbocycles. The number of carbonyl (C=O) groups is 1. The minimum absolute atomic E-state index is 0.164. The summed E-state index contributed by atoms with van der Waals surface area (Å²) in [6.07, 6.45) is 0. The molecule has 0 radical (unpaired) electrons. The maximum atomic E-state index is 12.9. The van der Waals surface area contributed by atoms with Crippen molar-refractivity contribution in [1.29, 1.82) is 0 Å². The standard InChI is InChI=1S/C16H14BrFN4O2S/c1-2-22-15(12-7-8-13(17)24-12)20-21-16(22)25-9-14(23)19-11-5-3-10(18)4-6-11/h3-8H,2,9H2,1H3,(H,19,23). The van der Waals surface area contributed by atoms with Gasteiger partial charge in [0.15, 0.2) is 15.6 Å². The fourth-order valence-corrected chi connectivity index (χ4v) is 3.27. The van der Waals surface area contributed by atoms with Gasteiger partial charge in [-0.15, -0.1) is 10.2 Å². The Morgan fingerprint density at radius 3 is 2.68 bits per heavy atom. The lowest BCUT2D eigenvalue weighted by molar-refractivity contribution is -0.113. The zero-order valence-electron chi connectivity index (χ0n) is 13.2. The highest BCUT2D eigenvalue weighted by Crippen LogP contribution is 2.27. The smallest absolute Gasteiger partial charge is 0.234 e. The second-order valence-corrected chi connectivity index (χ2v) is 6.72. The number of furan rings is 1. The van der Waals surface area contributed by atoms with Crippen LogP contribution in [0.5, 0.6) is 0 Å². The summed E-state index contributed by atoms with van der Waals surface area (Å²) in [5.74, 6) is 0.820. The number of halogens is 2. The first kappa shape index (κ1) is 17.7. The van der Waals surface area contributed by atoms with E-state index < -0.39 is 0 Å². The third-order valence-electron chi connectivity index (χ3n) is 3.29. The third-order valence-corrected chi connectivity index (χ3v) is 4.68. The molecule has 1 amide bonds. The second kappa shape index (κ2) is 7.83. The van der Waals surface area contributed by atoms with Gasteiger partial charge < -0.3 is 9.73 Å². The highest BCUT2D eigenvalue weighted by Gasteiger charge is 2.17. The summed E-state index contributed by atoms with van der Waals surface area (Å²) in [5.41, 5.74) is 0.546. The number of thioether (sulfide) groups is 1. The highest BCUT2D eigenvalue weighted by atomic mass is 79.9. The first-order valence-corrected chi connectivity index (χ1v) is 9.22. The monoisotopic (exact) mass is 424 g/mol. The molecule has 2 aromatic heterocycles. The summed E-state index contributed by atoms with van der Waals surface area (Å²) >= 11 is 4.54. The lowest BCUT2D eigenvalue weighted by Gasteiger charge is -2.07. The van der Waals surface area contributed by atoms with Gasteiger partial charge in [-0.3, -0.25) is 9.36 Å². The number of amides is 1. The number of rotatable bonds is 6. The number of hydrogen-bond acceptors (Lipinski definition) is 5. The van der Waals surface area contributed by atoms with Crippen molar-refractivity contribution in [2.24, 2.45) is 0 Å². The summed E-state index contributed by atoms with van der Waals surface area (Å²) in [4.78, 5) is 12.0. The summed E-state index contributed by atoms with van der Waals surface area (Å²) in [6, 6.07) is 9.20. The van der Waals surface area contributed by atoms with Crippen LogP contribution in [0.15, 0.2) is 50.6 Å². The van der Waals surface area contributed by atoms with E-state index in [0.717, 1.165) is 0 Å². The molecule has 0 spiro atoms. The van der Waals surface area contributed by atoms with Crippen LogP contribution in [0, 0.1) is 5.82 Å². The average Bonchev–Trinajstić information content (AvgIpc) is 3.20. The second-order valence-electron chi connectivity index (χ2n) is 5.00. The van der Waals surface area contributed by atoms with Crippen molar-refractivity contribution in [3.05, 3.63) is 46.9 Å². The van der Waals surface area contributed by atoms with Gasteiger partial charge >= 0.3 is 0 Å². The summed E-state index contributed by atoms with van der Waals surface area (Å²) in [6.45, 7) is 2.61. The predicted molar refractivity (Wildman–Crippen MR) is 96.9 cm³/mol. The predicted octanol–water partition coefficient (Wildman–Crippen LogP) is 4.19. The van der Waals surface area contributed by atoms with Crippen LogP contribution >= 0.6 is 27.7 Å². The normalized spacial score (nSPS) is 10.8. The summed E-state index contributed by atoms with van der Waals surface area (Å²) < 4.78 is 20.9. The Morgan fingerprint density at radius 2 is 2.04 bits per heavy atom. The Balaban J connectivity index is 1.66. The molecule has 3 rings (SSSR count). The minimum Gasteiger partial charge on any atom is -0.446 e. The van der Waals surface area contributed by atoms with Crippen molar-refractivity contribution in [2.45, 2.75) is 18.6 Å². The van der Waals surface area contributed by atoms with E-state index >= 15 is 0 Å². The Morgan fingerprint density at radius 1 is 1.28 bits per heavy atom. The summed E-state index contributed by atoms with van der Waals surface area (Å²) in [7, 11) is 0. The number of nitrogens with one attached hydrogen (secondary N) is 1. The molecule has 130 valence electrons. The van der Waals surface area contributed by atoms with Gasteiger partial charge in [-0.2, -0.15) is 0 Å². The maximum absolute atomic E-state index is 12.9. The van der Waals surface area contributed by atoms with E-state index in [2.05, 4.69) is 31.4 Å². The van der Waals surface area contributed by atoms with E-state index in [4.69, 9.17) is 4.42 Å². The molecule has 0 aliphatic carbocycles. The van der Waals surface area contributed by atoms with Crippen LogP contribution in [0.25, 0.3) is 11.6 Å². The lowest BCUT2D eigenvalue weighted by Crippen LogP contribution is -2.14. The number of hydrogen-bond donors (Lipinski definition) is 1. The molecule has 0 saturated heterocycles. The van der Waals surface area contributed by atoms with Crippen LogP contribution in [-0.4, -0.2) is 26.4 Å². The van der Waals surface area contributed by atoms with Crippen molar-refractivity contribution in [3.8, 4) is 11.6 Å². The van der Waals surface area contributed by atoms with Gasteiger partial charge in [-0.05, 0) is 59.3 Å². The fourth-order valence-electron chi connectivity index (χ4n) is 2.16. The first-order chi connectivity index (χ1) is 12.1. The Labute approximate surface area is 155 Å². The van der Waals surface area contributed by atoms with E-state index in [-0.39, 0.29) is 17.5 Å². The topological polar surface area (TPSA) is 73.0 Å². The quantitative estimate of drug-likeness (QED) is 0.600. The maximum Gasteiger partial charge on any atom is 0.234 e. The molecule has 0 unspecified atom stereocenters. The van der Waals surface area contributed by atoms with Gasteiger partial charge in [0.2, 0.25) is 11.7 Å². The van der Waals surface area contributed by atoms with E-state index in [1.165, 1.54) is 36.0 Å². The molecule has 25 heavy (non-hydrogen) atoms. The van der Waals surface area contributed by atoms with Crippen molar-refractivity contribution in [1.82, 2.24) is 14.8 Å². The molecule has 1 N–H and O–H groups in total. The zero-order valence-corrected chi connectivity index (χ0v) is 15.6. The molecule has 6 nitrogen and oxygen atoms in total. The van der Waals surface area contributed by atoms with Crippen LogP contribution in [-0.2, 0) is 11.3 Å².